The van der Waals surface area contributed by atoms with Crippen LogP contribution in [0.25, 0.3) is 0 Å². The summed E-state index contributed by atoms with van der Waals surface area (Å²) in [6.45, 7) is 6.57. The van der Waals surface area contributed by atoms with Crippen molar-refractivity contribution in [3.63, 3.8) is 0 Å². The zero-order chi connectivity index (χ0) is 15.5. The molecule has 21 heavy (non-hydrogen) atoms. The summed E-state index contributed by atoms with van der Waals surface area (Å²) in [4.78, 5) is 0. The highest BCUT2D eigenvalue weighted by molar-refractivity contribution is 7.89. The van der Waals surface area contributed by atoms with E-state index in [4.69, 9.17) is 4.42 Å². The average Bonchev–Trinajstić information content (AvgIpc) is 3.05. The van der Waals surface area contributed by atoms with Gasteiger partial charge in [0.05, 0.1) is 18.8 Å². The Morgan fingerprint density at radius 2 is 1.95 bits per heavy atom. The molecule has 0 amide bonds. The molecule has 0 bridgehead atoms. The van der Waals surface area contributed by atoms with Gasteiger partial charge in [-0.15, -0.1) is 0 Å². The SMILES string of the molecule is CC(C)(C)NCc1ccc(S(=O)(=O)NCc2ccon2)o1. The van der Waals surface area contributed by atoms with Crippen molar-refractivity contribution in [2.24, 2.45) is 0 Å². The van der Waals surface area contributed by atoms with Gasteiger partial charge in [0.25, 0.3) is 10.0 Å². The van der Waals surface area contributed by atoms with E-state index in [9.17, 15) is 8.42 Å². The van der Waals surface area contributed by atoms with Crippen LogP contribution in [0.15, 0.2) is 38.5 Å². The van der Waals surface area contributed by atoms with Gasteiger partial charge >= 0.3 is 0 Å². The van der Waals surface area contributed by atoms with Gasteiger partial charge in [-0.25, -0.2) is 13.1 Å². The molecule has 0 aliphatic carbocycles. The minimum Gasteiger partial charge on any atom is -0.447 e. The maximum absolute atomic E-state index is 12.1. The molecular formula is C13H19N3O4S. The first kappa shape index (κ1) is 15.7. The Labute approximate surface area is 123 Å². The number of hydrogen-bond acceptors (Lipinski definition) is 6. The van der Waals surface area contributed by atoms with E-state index >= 15 is 0 Å². The molecule has 0 aromatic carbocycles. The van der Waals surface area contributed by atoms with Crippen molar-refractivity contribution in [3.05, 3.63) is 35.9 Å². The largest absolute Gasteiger partial charge is 0.447 e. The molecule has 7 nitrogen and oxygen atoms in total. The van der Waals surface area contributed by atoms with Crippen LogP contribution in [0.3, 0.4) is 0 Å². The summed E-state index contributed by atoms with van der Waals surface area (Å²) in [7, 11) is -3.70. The lowest BCUT2D eigenvalue weighted by Crippen LogP contribution is -2.34. The molecule has 2 heterocycles. The topological polar surface area (TPSA) is 97.4 Å². The third kappa shape index (κ3) is 4.69. The summed E-state index contributed by atoms with van der Waals surface area (Å²) in [6, 6.07) is 4.66. The average molecular weight is 313 g/mol. The van der Waals surface area contributed by atoms with Gasteiger partial charge < -0.3 is 14.3 Å². The number of hydrogen-bond donors (Lipinski definition) is 2. The fourth-order valence-electron chi connectivity index (χ4n) is 1.52. The van der Waals surface area contributed by atoms with Gasteiger partial charge in [0.15, 0.2) is 0 Å². The second-order valence-corrected chi connectivity index (χ2v) is 7.34. The molecule has 8 heteroatoms. The fraction of sp³-hybridized carbons (Fsp3) is 0.462. The van der Waals surface area contributed by atoms with Crippen LogP contribution in [-0.4, -0.2) is 19.1 Å². The lowest BCUT2D eigenvalue weighted by Gasteiger charge is -2.19. The third-order valence-electron chi connectivity index (χ3n) is 2.63. The molecule has 0 aliphatic heterocycles. The van der Waals surface area contributed by atoms with Gasteiger partial charge in [0.2, 0.25) is 5.09 Å². The Morgan fingerprint density at radius 1 is 1.19 bits per heavy atom. The number of nitrogens with one attached hydrogen (secondary N) is 2. The molecule has 2 rings (SSSR count). The van der Waals surface area contributed by atoms with E-state index in [0.29, 0.717) is 18.0 Å². The molecule has 2 N–H and O–H groups in total. The molecule has 116 valence electrons. The first-order chi connectivity index (χ1) is 9.76. The number of rotatable bonds is 6. The molecule has 0 saturated carbocycles. The van der Waals surface area contributed by atoms with Crippen LogP contribution in [0.1, 0.15) is 32.2 Å². The maximum Gasteiger partial charge on any atom is 0.274 e. The summed E-state index contributed by atoms with van der Waals surface area (Å²) in [5, 5.41) is 6.74. The third-order valence-corrected chi connectivity index (χ3v) is 3.90. The number of nitrogens with zero attached hydrogens (tertiary/aromatic N) is 1. The van der Waals surface area contributed by atoms with Crippen molar-refractivity contribution in [1.82, 2.24) is 15.2 Å². The van der Waals surface area contributed by atoms with Crippen LogP contribution in [0.5, 0.6) is 0 Å². The molecule has 0 aliphatic rings. The monoisotopic (exact) mass is 313 g/mol. The molecule has 0 saturated heterocycles. The van der Waals surface area contributed by atoms with Gasteiger partial charge in [0, 0.05) is 11.6 Å². The standard InChI is InChI=1S/C13H19N3O4S/c1-13(2,3)14-9-11-4-5-12(20-11)21(17,18)15-8-10-6-7-19-16-10/h4-7,14-15H,8-9H2,1-3H3. The van der Waals surface area contributed by atoms with E-state index < -0.39 is 10.0 Å². The first-order valence-corrected chi connectivity index (χ1v) is 7.97. The van der Waals surface area contributed by atoms with Crippen LogP contribution < -0.4 is 10.0 Å². The van der Waals surface area contributed by atoms with Crippen molar-refractivity contribution in [3.8, 4) is 0 Å². The maximum atomic E-state index is 12.1. The smallest absolute Gasteiger partial charge is 0.274 e. The van der Waals surface area contributed by atoms with E-state index in [0.717, 1.165) is 0 Å². The van der Waals surface area contributed by atoms with Crippen molar-refractivity contribution in [1.29, 1.82) is 0 Å². The highest BCUT2D eigenvalue weighted by Gasteiger charge is 2.19. The second-order valence-electron chi connectivity index (χ2n) is 5.64. The van der Waals surface area contributed by atoms with Gasteiger partial charge in [-0.05, 0) is 32.9 Å². The molecule has 2 aromatic heterocycles. The van der Waals surface area contributed by atoms with Gasteiger partial charge in [-0.3, -0.25) is 0 Å². The Bertz CT molecular complexity index is 669. The van der Waals surface area contributed by atoms with E-state index in [1.54, 1.807) is 12.1 Å². The molecule has 0 radical (unpaired) electrons. The van der Waals surface area contributed by atoms with Crippen molar-refractivity contribution in [2.75, 3.05) is 0 Å². The minimum atomic E-state index is -3.70. The van der Waals surface area contributed by atoms with Crippen molar-refractivity contribution < 1.29 is 17.4 Å². The molecular weight excluding hydrogens is 294 g/mol. The van der Waals surface area contributed by atoms with Crippen LogP contribution in [0, 0.1) is 0 Å². The fourth-order valence-corrected chi connectivity index (χ4v) is 2.46. The highest BCUT2D eigenvalue weighted by Crippen LogP contribution is 2.15. The van der Waals surface area contributed by atoms with Gasteiger partial charge in [-0.2, -0.15) is 0 Å². The molecule has 0 atom stereocenters. The van der Waals surface area contributed by atoms with Crippen LogP contribution in [-0.2, 0) is 23.1 Å². The van der Waals surface area contributed by atoms with Gasteiger partial charge in [0.1, 0.15) is 12.0 Å². The predicted octanol–water partition coefficient (Wildman–Crippen LogP) is 1.63. The Balaban J connectivity index is 1.98. The summed E-state index contributed by atoms with van der Waals surface area (Å²) in [5.41, 5.74) is 0.427. The number of aromatic nitrogens is 1. The lowest BCUT2D eigenvalue weighted by molar-refractivity contribution is 0.359. The lowest BCUT2D eigenvalue weighted by atomic mass is 10.1. The zero-order valence-corrected chi connectivity index (χ0v) is 13.0. The molecule has 0 fully saturated rings. The van der Waals surface area contributed by atoms with Gasteiger partial charge in [-0.1, -0.05) is 5.16 Å². The molecule has 2 aromatic rings. The van der Waals surface area contributed by atoms with Crippen LogP contribution >= 0.6 is 0 Å². The second kappa shape index (κ2) is 6.00. The molecule has 0 spiro atoms. The van der Waals surface area contributed by atoms with E-state index in [1.807, 2.05) is 20.8 Å². The predicted molar refractivity (Wildman–Crippen MR) is 75.8 cm³/mol. The zero-order valence-electron chi connectivity index (χ0n) is 12.2. The van der Waals surface area contributed by atoms with Crippen molar-refractivity contribution >= 4 is 10.0 Å². The molecule has 0 unspecified atom stereocenters. The normalized spacial score (nSPS) is 12.7. The Kier molecular flexibility index (Phi) is 4.50. The van der Waals surface area contributed by atoms with Crippen LogP contribution in [0.4, 0.5) is 0 Å². The summed E-state index contributed by atoms with van der Waals surface area (Å²) < 4.78 is 36.5. The van der Waals surface area contributed by atoms with E-state index in [1.165, 1.54) is 12.3 Å². The number of furan rings is 1. The van der Waals surface area contributed by atoms with Crippen molar-refractivity contribution in [2.45, 2.75) is 44.5 Å². The Hall–Kier alpha value is -1.64. The summed E-state index contributed by atoms with van der Waals surface area (Å²) >= 11 is 0. The highest BCUT2D eigenvalue weighted by atomic mass is 32.2. The van der Waals surface area contributed by atoms with E-state index in [-0.39, 0.29) is 17.2 Å². The Morgan fingerprint density at radius 3 is 2.57 bits per heavy atom. The van der Waals surface area contributed by atoms with Crippen LogP contribution in [0.2, 0.25) is 0 Å². The summed E-state index contributed by atoms with van der Waals surface area (Å²) in [5.74, 6) is 0.562. The summed E-state index contributed by atoms with van der Waals surface area (Å²) in [6.07, 6.45) is 1.38. The first-order valence-electron chi connectivity index (χ1n) is 6.49. The van der Waals surface area contributed by atoms with E-state index in [2.05, 4.69) is 19.7 Å². The quantitative estimate of drug-likeness (QED) is 0.841. The number of sulfonamides is 1. The minimum absolute atomic E-state index is 0.0507.